The summed E-state index contributed by atoms with van der Waals surface area (Å²) in [5.74, 6) is -0.519. The first-order chi connectivity index (χ1) is 6.52. The van der Waals surface area contributed by atoms with Crippen molar-refractivity contribution in [2.24, 2.45) is 0 Å². The van der Waals surface area contributed by atoms with E-state index in [2.05, 4.69) is 15.5 Å². The Kier molecular flexibility index (Phi) is 3.16. The molecule has 4 nitrogen and oxygen atoms in total. The maximum atomic E-state index is 11.8. The van der Waals surface area contributed by atoms with Crippen LogP contribution in [0.25, 0.3) is 0 Å². The maximum Gasteiger partial charge on any atom is 0.255 e. The summed E-state index contributed by atoms with van der Waals surface area (Å²) in [6.07, 6.45) is -2.54. The van der Waals surface area contributed by atoms with Crippen LogP contribution >= 0.6 is 0 Å². The molecule has 1 aromatic heterocycles. The van der Waals surface area contributed by atoms with E-state index in [1.807, 2.05) is 0 Å². The predicted octanol–water partition coefficient (Wildman–Crippen LogP) is 1.02. The third-order valence-corrected chi connectivity index (χ3v) is 1.77. The van der Waals surface area contributed by atoms with Gasteiger partial charge in [0.05, 0.1) is 17.8 Å². The quantitative estimate of drug-likeness (QED) is 0.770. The lowest BCUT2D eigenvalue weighted by atomic mass is 10.2. The Hall–Kier alpha value is -1.46. The van der Waals surface area contributed by atoms with Gasteiger partial charge in [-0.1, -0.05) is 0 Å². The lowest BCUT2D eigenvalue weighted by Gasteiger charge is -2.03. The van der Waals surface area contributed by atoms with Gasteiger partial charge in [0.15, 0.2) is 0 Å². The van der Waals surface area contributed by atoms with Gasteiger partial charge < -0.3 is 5.32 Å². The molecule has 1 heterocycles. The number of hydrogen-bond donors (Lipinski definition) is 2. The average Bonchev–Trinajstić information content (AvgIpc) is 2.42. The number of aryl methyl sites for hydroxylation is 2. The second kappa shape index (κ2) is 4.17. The number of aromatic amines is 1. The van der Waals surface area contributed by atoms with Crippen LogP contribution in [0.2, 0.25) is 0 Å². The lowest BCUT2D eigenvalue weighted by Crippen LogP contribution is -2.29. The van der Waals surface area contributed by atoms with Crippen molar-refractivity contribution in [2.75, 3.05) is 6.54 Å². The smallest absolute Gasteiger partial charge is 0.255 e. The predicted molar refractivity (Wildman–Crippen MR) is 46.4 cm³/mol. The first-order valence-corrected chi connectivity index (χ1v) is 4.10. The van der Waals surface area contributed by atoms with E-state index in [1.165, 1.54) is 0 Å². The molecule has 78 valence electrons. The molecular weight excluding hydrogens is 192 g/mol. The van der Waals surface area contributed by atoms with E-state index in [9.17, 15) is 13.6 Å². The van der Waals surface area contributed by atoms with Gasteiger partial charge >= 0.3 is 0 Å². The zero-order valence-electron chi connectivity index (χ0n) is 7.90. The first-order valence-electron chi connectivity index (χ1n) is 4.10. The van der Waals surface area contributed by atoms with Crippen LogP contribution in [0.1, 0.15) is 21.7 Å². The van der Waals surface area contributed by atoms with Crippen molar-refractivity contribution in [2.45, 2.75) is 20.3 Å². The van der Waals surface area contributed by atoms with Crippen molar-refractivity contribution >= 4 is 5.91 Å². The summed E-state index contributed by atoms with van der Waals surface area (Å²) in [7, 11) is 0. The van der Waals surface area contributed by atoms with Crippen molar-refractivity contribution in [1.82, 2.24) is 15.5 Å². The first kappa shape index (κ1) is 10.6. The van der Waals surface area contributed by atoms with E-state index in [1.54, 1.807) is 13.8 Å². The van der Waals surface area contributed by atoms with Crippen LogP contribution in [0, 0.1) is 13.8 Å². The Morgan fingerprint density at radius 3 is 2.64 bits per heavy atom. The second-order valence-corrected chi connectivity index (χ2v) is 2.91. The summed E-state index contributed by atoms with van der Waals surface area (Å²) in [5, 5.41) is 8.52. The molecule has 0 atom stereocenters. The second-order valence-electron chi connectivity index (χ2n) is 2.91. The Morgan fingerprint density at radius 1 is 1.57 bits per heavy atom. The van der Waals surface area contributed by atoms with Crippen LogP contribution in [0.4, 0.5) is 8.78 Å². The summed E-state index contributed by atoms with van der Waals surface area (Å²) >= 11 is 0. The minimum Gasteiger partial charge on any atom is -0.346 e. The van der Waals surface area contributed by atoms with Gasteiger partial charge in [0, 0.05) is 5.69 Å². The molecule has 0 radical (unpaired) electrons. The highest BCUT2D eigenvalue weighted by molar-refractivity contribution is 5.96. The standard InChI is InChI=1S/C8H11F2N3O/c1-4-7(5(2)13-12-4)8(14)11-3-6(9)10/h6H,3H2,1-2H3,(H,11,14)(H,12,13). The molecule has 1 amide bonds. The minimum absolute atomic E-state index is 0.339. The number of nitrogens with one attached hydrogen (secondary N) is 2. The van der Waals surface area contributed by atoms with Crippen LogP contribution in [-0.4, -0.2) is 29.1 Å². The van der Waals surface area contributed by atoms with Crippen molar-refractivity contribution < 1.29 is 13.6 Å². The van der Waals surface area contributed by atoms with Crippen LogP contribution < -0.4 is 5.32 Å². The molecule has 14 heavy (non-hydrogen) atoms. The van der Waals surface area contributed by atoms with Gasteiger partial charge in [0.25, 0.3) is 12.3 Å². The highest BCUT2D eigenvalue weighted by Gasteiger charge is 2.15. The molecule has 0 aliphatic carbocycles. The summed E-state index contributed by atoms with van der Waals surface area (Å²) < 4.78 is 23.6. The minimum atomic E-state index is -2.54. The van der Waals surface area contributed by atoms with E-state index in [-0.39, 0.29) is 0 Å². The molecule has 6 heteroatoms. The summed E-state index contributed by atoms with van der Waals surface area (Å²) in [4.78, 5) is 11.3. The third kappa shape index (κ3) is 2.27. The number of H-pyrrole nitrogens is 1. The van der Waals surface area contributed by atoms with Gasteiger partial charge in [-0.3, -0.25) is 9.89 Å². The maximum absolute atomic E-state index is 11.8. The van der Waals surface area contributed by atoms with Crippen molar-refractivity contribution in [3.05, 3.63) is 17.0 Å². The number of carbonyl (C=O) groups is 1. The van der Waals surface area contributed by atoms with Gasteiger partial charge in [-0.15, -0.1) is 0 Å². The molecule has 0 saturated heterocycles. The van der Waals surface area contributed by atoms with Gasteiger partial charge in [-0.05, 0) is 13.8 Å². The molecule has 2 N–H and O–H groups in total. The Morgan fingerprint density at radius 2 is 2.21 bits per heavy atom. The molecule has 1 rings (SSSR count). The van der Waals surface area contributed by atoms with Crippen LogP contribution in [0.5, 0.6) is 0 Å². The molecule has 0 fully saturated rings. The van der Waals surface area contributed by atoms with E-state index >= 15 is 0 Å². The number of aromatic nitrogens is 2. The number of amides is 1. The Bertz CT molecular complexity index is 316. The fraction of sp³-hybridized carbons (Fsp3) is 0.500. The third-order valence-electron chi connectivity index (χ3n) is 1.77. The number of carbonyl (C=O) groups excluding carboxylic acids is 1. The number of hydrogen-bond acceptors (Lipinski definition) is 2. The molecule has 0 spiro atoms. The molecule has 0 saturated carbocycles. The molecule has 0 unspecified atom stereocenters. The van der Waals surface area contributed by atoms with E-state index in [0.29, 0.717) is 17.0 Å². The molecule has 0 bridgehead atoms. The summed E-state index contributed by atoms with van der Waals surface area (Å²) in [5.41, 5.74) is 1.43. The fourth-order valence-electron chi connectivity index (χ4n) is 1.14. The summed E-state index contributed by atoms with van der Waals surface area (Å²) in [6, 6.07) is 0. The highest BCUT2D eigenvalue weighted by atomic mass is 19.3. The fourth-order valence-corrected chi connectivity index (χ4v) is 1.14. The molecule has 0 aliphatic heterocycles. The van der Waals surface area contributed by atoms with E-state index in [4.69, 9.17) is 0 Å². The lowest BCUT2D eigenvalue weighted by molar-refractivity contribution is 0.0890. The Labute approximate surface area is 79.7 Å². The van der Waals surface area contributed by atoms with Gasteiger partial charge in [0.1, 0.15) is 0 Å². The zero-order chi connectivity index (χ0) is 10.7. The average molecular weight is 203 g/mol. The molecule has 1 aromatic rings. The topological polar surface area (TPSA) is 57.8 Å². The van der Waals surface area contributed by atoms with Crippen LogP contribution in [0.15, 0.2) is 0 Å². The largest absolute Gasteiger partial charge is 0.346 e. The van der Waals surface area contributed by atoms with Crippen molar-refractivity contribution in [3.63, 3.8) is 0 Å². The Balaban J connectivity index is 2.70. The highest BCUT2D eigenvalue weighted by Crippen LogP contribution is 2.08. The van der Waals surface area contributed by atoms with Crippen molar-refractivity contribution in [1.29, 1.82) is 0 Å². The molecular formula is C8H11F2N3O. The van der Waals surface area contributed by atoms with E-state index in [0.717, 1.165) is 0 Å². The number of rotatable bonds is 3. The number of nitrogens with zero attached hydrogens (tertiary/aromatic N) is 1. The van der Waals surface area contributed by atoms with Crippen LogP contribution in [-0.2, 0) is 0 Å². The monoisotopic (exact) mass is 203 g/mol. The molecule has 0 aliphatic rings. The number of alkyl halides is 2. The molecule has 0 aromatic carbocycles. The zero-order valence-corrected chi connectivity index (χ0v) is 7.90. The SMILES string of the molecule is Cc1n[nH]c(C)c1C(=O)NCC(F)F. The normalized spacial score (nSPS) is 10.6. The van der Waals surface area contributed by atoms with Crippen LogP contribution in [0.3, 0.4) is 0 Å². The van der Waals surface area contributed by atoms with E-state index < -0.39 is 18.9 Å². The van der Waals surface area contributed by atoms with Crippen molar-refractivity contribution in [3.8, 4) is 0 Å². The summed E-state index contributed by atoms with van der Waals surface area (Å²) in [6.45, 7) is 2.67. The number of halogens is 2. The van der Waals surface area contributed by atoms with Gasteiger partial charge in [-0.25, -0.2) is 8.78 Å². The van der Waals surface area contributed by atoms with Gasteiger partial charge in [0.2, 0.25) is 0 Å². The van der Waals surface area contributed by atoms with Gasteiger partial charge in [-0.2, -0.15) is 5.10 Å².